The number of hydrogen-bond donors (Lipinski definition) is 1. The van der Waals surface area contributed by atoms with Crippen LogP contribution in [-0.4, -0.2) is 54.3 Å². The first-order valence-corrected chi connectivity index (χ1v) is 10.5. The molecule has 7 heteroatoms. The van der Waals surface area contributed by atoms with Crippen molar-refractivity contribution in [3.05, 3.63) is 42.5 Å². The SMILES string of the molecule is C=CCN1C(=O)[C@]2(N[C@H](CCSC)[C@H]3C(=O)N(C)C(=O)[C@@H]32)c2ccccc21. The van der Waals surface area contributed by atoms with Crippen molar-refractivity contribution in [2.45, 2.75) is 18.0 Å². The Morgan fingerprint density at radius 3 is 2.70 bits per heavy atom. The molecule has 27 heavy (non-hydrogen) atoms. The number of likely N-dealkylation sites (tertiary alicyclic amines) is 1. The van der Waals surface area contributed by atoms with Crippen LogP contribution in [0.25, 0.3) is 0 Å². The number of nitrogens with one attached hydrogen (secondary N) is 1. The van der Waals surface area contributed by atoms with Crippen LogP contribution in [0, 0.1) is 11.8 Å². The molecule has 142 valence electrons. The summed E-state index contributed by atoms with van der Waals surface area (Å²) in [7, 11) is 1.52. The average Bonchev–Trinajstić information content (AvgIpc) is 3.22. The number of imide groups is 1. The predicted molar refractivity (Wildman–Crippen MR) is 105 cm³/mol. The van der Waals surface area contributed by atoms with E-state index in [4.69, 9.17) is 0 Å². The summed E-state index contributed by atoms with van der Waals surface area (Å²) in [5.74, 6) is -0.975. The number of carbonyl (C=O) groups is 3. The van der Waals surface area contributed by atoms with Crippen LogP contribution in [0.2, 0.25) is 0 Å². The molecule has 4 atom stereocenters. The summed E-state index contributed by atoms with van der Waals surface area (Å²) in [6.07, 6.45) is 4.42. The highest BCUT2D eigenvalue weighted by Gasteiger charge is 2.70. The van der Waals surface area contributed by atoms with Crippen molar-refractivity contribution in [3.8, 4) is 0 Å². The maximum atomic E-state index is 13.6. The maximum Gasteiger partial charge on any atom is 0.253 e. The minimum atomic E-state index is -1.18. The van der Waals surface area contributed by atoms with Crippen molar-refractivity contribution >= 4 is 35.2 Å². The number of amides is 3. The molecule has 6 nitrogen and oxygen atoms in total. The molecule has 4 rings (SSSR count). The van der Waals surface area contributed by atoms with E-state index in [0.29, 0.717) is 6.54 Å². The maximum absolute atomic E-state index is 13.6. The van der Waals surface area contributed by atoms with Crippen molar-refractivity contribution in [2.24, 2.45) is 11.8 Å². The molecule has 3 amide bonds. The lowest BCUT2D eigenvalue weighted by atomic mass is 9.76. The highest BCUT2D eigenvalue weighted by molar-refractivity contribution is 7.98. The minimum Gasteiger partial charge on any atom is -0.306 e. The second-order valence-electron chi connectivity index (χ2n) is 7.30. The molecule has 3 heterocycles. The van der Waals surface area contributed by atoms with Gasteiger partial charge in [-0.3, -0.25) is 24.6 Å². The molecule has 1 aromatic rings. The van der Waals surface area contributed by atoms with Gasteiger partial charge in [0.05, 0.1) is 11.8 Å². The Bertz CT molecular complexity index is 842. The van der Waals surface area contributed by atoms with Crippen LogP contribution in [0.3, 0.4) is 0 Å². The zero-order valence-corrected chi connectivity index (χ0v) is 16.3. The van der Waals surface area contributed by atoms with Gasteiger partial charge in [-0.25, -0.2) is 0 Å². The molecule has 0 saturated carbocycles. The fourth-order valence-corrected chi connectivity index (χ4v) is 5.38. The van der Waals surface area contributed by atoms with Crippen LogP contribution in [0.1, 0.15) is 12.0 Å². The number of rotatable bonds is 5. The quantitative estimate of drug-likeness (QED) is 0.612. The number of fused-ring (bicyclic) bond motifs is 4. The van der Waals surface area contributed by atoms with Gasteiger partial charge in [-0.2, -0.15) is 11.8 Å². The predicted octanol–water partition coefficient (Wildman–Crippen LogP) is 1.37. The van der Waals surface area contributed by atoms with Crippen LogP contribution in [0.5, 0.6) is 0 Å². The Labute approximate surface area is 163 Å². The molecule has 0 bridgehead atoms. The van der Waals surface area contributed by atoms with Gasteiger partial charge in [-0.05, 0) is 24.5 Å². The lowest BCUT2D eigenvalue weighted by Crippen LogP contribution is -2.55. The van der Waals surface area contributed by atoms with E-state index in [-0.39, 0.29) is 23.8 Å². The average molecular weight is 385 g/mol. The molecule has 0 unspecified atom stereocenters. The molecule has 0 aromatic heterocycles. The highest BCUT2D eigenvalue weighted by Crippen LogP contribution is 2.54. The Kier molecular flexibility index (Phi) is 4.39. The summed E-state index contributed by atoms with van der Waals surface area (Å²) >= 11 is 1.69. The van der Waals surface area contributed by atoms with E-state index in [1.165, 1.54) is 11.9 Å². The Morgan fingerprint density at radius 1 is 1.26 bits per heavy atom. The van der Waals surface area contributed by atoms with E-state index in [9.17, 15) is 14.4 Å². The van der Waals surface area contributed by atoms with Gasteiger partial charge >= 0.3 is 0 Å². The first kappa shape index (κ1) is 18.3. The number of para-hydroxylation sites is 1. The van der Waals surface area contributed by atoms with Crippen LogP contribution >= 0.6 is 11.8 Å². The second-order valence-corrected chi connectivity index (χ2v) is 8.29. The number of nitrogens with zero attached hydrogens (tertiary/aromatic N) is 2. The number of hydrogen-bond acceptors (Lipinski definition) is 5. The van der Waals surface area contributed by atoms with E-state index < -0.39 is 17.4 Å². The number of carbonyl (C=O) groups excluding carboxylic acids is 3. The Balaban J connectivity index is 1.88. The molecule has 0 aliphatic carbocycles. The minimum absolute atomic E-state index is 0.165. The van der Waals surface area contributed by atoms with E-state index in [1.54, 1.807) is 22.7 Å². The highest BCUT2D eigenvalue weighted by atomic mass is 32.2. The summed E-state index contributed by atoms with van der Waals surface area (Å²) in [6, 6.07) is 7.34. The van der Waals surface area contributed by atoms with Crippen LogP contribution in [0.4, 0.5) is 5.69 Å². The molecule has 2 fully saturated rings. The lowest BCUT2D eigenvalue weighted by Gasteiger charge is -2.30. The van der Waals surface area contributed by atoms with Gasteiger partial charge in [-0.1, -0.05) is 24.3 Å². The van der Waals surface area contributed by atoms with E-state index >= 15 is 0 Å². The zero-order valence-electron chi connectivity index (χ0n) is 15.5. The molecule has 3 aliphatic heterocycles. The van der Waals surface area contributed by atoms with Gasteiger partial charge in [0, 0.05) is 30.9 Å². The van der Waals surface area contributed by atoms with E-state index in [2.05, 4.69) is 11.9 Å². The molecule has 1 N–H and O–H groups in total. The second kappa shape index (κ2) is 6.49. The number of anilines is 1. The lowest BCUT2D eigenvalue weighted by molar-refractivity contribution is -0.141. The smallest absolute Gasteiger partial charge is 0.253 e. The van der Waals surface area contributed by atoms with Crippen molar-refractivity contribution in [1.82, 2.24) is 10.2 Å². The van der Waals surface area contributed by atoms with Crippen LogP contribution < -0.4 is 10.2 Å². The summed E-state index contributed by atoms with van der Waals surface area (Å²) in [5.41, 5.74) is 0.397. The fraction of sp³-hybridized carbons (Fsp3) is 0.450. The molecular formula is C20H23N3O3S. The van der Waals surface area contributed by atoms with Gasteiger partial charge in [0.2, 0.25) is 11.8 Å². The molecule has 2 saturated heterocycles. The largest absolute Gasteiger partial charge is 0.306 e. The van der Waals surface area contributed by atoms with Crippen LogP contribution in [-0.2, 0) is 19.9 Å². The van der Waals surface area contributed by atoms with Gasteiger partial charge < -0.3 is 4.90 Å². The van der Waals surface area contributed by atoms with Gasteiger partial charge in [-0.15, -0.1) is 6.58 Å². The third-order valence-electron chi connectivity index (χ3n) is 6.03. The van der Waals surface area contributed by atoms with Gasteiger partial charge in [0.1, 0.15) is 5.54 Å². The summed E-state index contributed by atoms with van der Waals surface area (Å²) in [4.78, 5) is 42.4. The monoisotopic (exact) mass is 385 g/mol. The first-order chi connectivity index (χ1) is 13.0. The fourth-order valence-electron chi connectivity index (χ4n) is 4.89. The Morgan fingerprint density at radius 2 is 2.00 bits per heavy atom. The molecular weight excluding hydrogens is 362 g/mol. The number of thioether (sulfide) groups is 1. The zero-order chi connectivity index (χ0) is 19.3. The first-order valence-electron chi connectivity index (χ1n) is 9.09. The third-order valence-corrected chi connectivity index (χ3v) is 6.68. The third kappa shape index (κ3) is 2.28. The standard InChI is InChI=1S/C20H23N3O3S/c1-4-10-23-14-8-6-5-7-12(14)20(19(23)26)16-15(13(21-20)9-11-27-3)17(24)22(2)18(16)25/h4-8,13,15-16,21H,1,9-11H2,2-3H3/t13-,15-,16-,20+/m1/s1. The number of benzene rings is 1. The van der Waals surface area contributed by atoms with Gasteiger partial charge in [0.25, 0.3) is 5.91 Å². The Hall–Kier alpha value is -2.12. The molecule has 1 aromatic carbocycles. The molecule has 3 aliphatic rings. The van der Waals surface area contributed by atoms with E-state index in [1.807, 2.05) is 30.5 Å². The van der Waals surface area contributed by atoms with Gasteiger partial charge in [0.15, 0.2) is 0 Å². The molecule has 1 spiro atoms. The normalized spacial score (nSPS) is 31.8. The summed E-state index contributed by atoms with van der Waals surface area (Å²) in [6.45, 7) is 4.13. The van der Waals surface area contributed by atoms with Crippen molar-refractivity contribution in [1.29, 1.82) is 0 Å². The summed E-state index contributed by atoms with van der Waals surface area (Å²) < 4.78 is 0. The topological polar surface area (TPSA) is 69.7 Å². The van der Waals surface area contributed by atoms with Crippen molar-refractivity contribution in [2.75, 3.05) is 30.5 Å². The molecule has 0 radical (unpaired) electrons. The van der Waals surface area contributed by atoms with Crippen molar-refractivity contribution < 1.29 is 14.4 Å². The van der Waals surface area contributed by atoms with Crippen molar-refractivity contribution in [3.63, 3.8) is 0 Å². The summed E-state index contributed by atoms with van der Waals surface area (Å²) in [5, 5.41) is 3.47. The van der Waals surface area contributed by atoms with Crippen LogP contribution in [0.15, 0.2) is 36.9 Å². The van der Waals surface area contributed by atoms with E-state index in [0.717, 1.165) is 23.4 Å².